The van der Waals surface area contributed by atoms with E-state index in [9.17, 15) is 9.18 Å². The van der Waals surface area contributed by atoms with E-state index in [0.717, 1.165) is 5.56 Å². The molecule has 0 bridgehead atoms. The number of hydrogen-bond acceptors (Lipinski definition) is 2. The number of amides is 1. The van der Waals surface area contributed by atoms with Crippen LogP contribution in [0, 0.1) is 5.82 Å². The zero-order valence-corrected chi connectivity index (χ0v) is 12.7. The normalized spacial score (nSPS) is 12.0. The summed E-state index contributed by atoms with van der Waals surface area (Å²) in [5.41, 5.74) is 0.742. The fourth-order valence-corrected chi connectivity index (χ4v) is 2.50. The molecule has 0 aliphatic carbocycles. The smallest absolute Gasteiger partial charge is 0.256 e. The number of benzene rings is 2. The second kappa shape index (κ2) is 7.92. The van der Waals surface area contributed by atoms with Crippen molar-refractivity contribution in [3.8, 4) is 0 Å². The first-order chi connectivity index (χ1) is 10.6. The van der Waals surface area contributed by atoms with Crippen molar-refractivity contribution >= 4 is 17.5 Å². The first kappa shape index (κ1) is 16.5. The van der Waals surface area contributed by atoms with Crippen LogP contribution >= 0.6 is 11.6 Å². The van der Waals surface area contributed by atoms with E-state index >= 15 is 0 Å². The van der Waals surface area contributed by atoms with Crippen LogP contribution in [0.1, 0.15) is 34.8 Å². The summed E-state index contributed by atoms with van der Waals surface area (Å²) in [5.74, 6) is -1.21. The molecule has 1 amide bonds. The molecule has 22 heavy (non-hydrogen) atoms. The van der Waals surface area contributed by atoms with Gasteiger partial charge < -0.3 is 10.4 Å². The Bertz CT molecular complexity index is 614. The summed E-state index contributed by atoms with van der Waals surface area (Å²) < 4.78 is 13.8. The Balaban J connectivity index is 2.21. The number of carbonyl (C=O) groups is 1. The minimum atomic E-state index is -0.654. The maximum absolute atomic E-state index is 13.8. The van der Waals surface area contributed by atoms with Crippen LogP contribution in [-0.2, 0) is 0 Å². The van der Waals surface area contributed by atoms with Gasteiger partial charge in [0.15, 0.2) is 0 Å². The van der Waals surface area contributed by atoms with Crippen LogP contribution in [0.15, 0.2) is 48.5 Å². The van der Waals surface area contributed by atoms with Crippen molar-refractivity contribution in [3.63, 3.8) is 0 Å². The summed E-state index contributed by atoms with van der Waals surface area (Å²) >= 11 is 5.92. The van der Waals surface area contributed by atoms with E-state index in [0.29, 0.717) is 12.8 Å². The van der Waals surface area contributed by atoms with E-state index in [2.05, 4.69) is 5.32 Å². The fraction of sp³-hybridized carbons (Fsp3) is 0.235. The lowest BCUT2D eigenvalue weighted by molar-refractivity contribution is 0.0928. The van der Waals surface area contributed by atoms with Crippen LogP contribution in [-0.4, -0.2) is 17.6 Å². The lowest BCUT2D eigenvalue weighted by Gasteiger charge is -2.19. The van der Waals surface area contributed by atoms with Crippen molar-refractivity contribution in [1.29, 1.82) is 0 Å². The maximum Gasteiger partial charge on any atom is 0.256 e. The SMILES string of the molecule is O=C(NC(CCCO)c1ccccc1)c1c(F)cccc1Cl. The molecule has 0 saturated carbocycles. The highest BCUT2D eigenvalue weighted by Gasteiger charge is 2.20. The summed E-state index contributed by atoms with van der Waals surface area (Å²) in [4.78, 5) is 12.3. The van der Waals surface area contributed by atoms with Crippen LogP contribution < -0.4 is 5.32 Å². The lowest BCUT2D eigenvalue weighted by Crippen LogP contribution is -2.29. The topological polar surface area (TPSA) is 49.3 Å². The predicted octanol–water partition coefficient (Wildman–Crippen LogP) is 3.72. The van der Waals surface area contributed by atoms with Crippen LogP contribution in [0.3, 0.4) is 0 Å². The number of rotatable bonds is 6. The van der Waals surface area contributed by atoms with Crippen molar-refractivity contribution in [1.82, 2.24) is 5.32 Å². The molecule has 0 aliphatic rings. The van der Waals surface area contributed by atoms with Crippen molar-refractivity contribution in [3.05, 3.63) is 70.5 Å². The third-order valence-electron chi connectivity index (χ3n) is 3.35. The molecule has 116 valence electrons. The van der Waals surface area contributed by atoms with Gasteiger partial charge in [0.25, 0.3) is 5.91 Å². The van der Waals surface area contributed by atoms with Gasteiger partial charge in [-0.25, -0.2) is 4.39 Å². The zero-order chi connectivity index (χ0) is 15.9. The highest BCUT2D eigenvalue weighted by atomic mass is 35.5. The molecular formula is C17H17ClFNO2. The van der Waals surface area contributed by atoms with Crippen molar-refractivity contribution in [2.24, 2.45) is 0 Å². The molecule has 0 heterocycles. The third-order valence-corrected chi connectivity index (χ3v) is 3.66. The Hall–Kier alpha value is -1.91. The van der Waals surface area contributed by atoms with Gasteiger partial charge in [-0.3, -0.25) is 4.79 Å². The lowest BCUT2D eigenvalue weighted by atomic mass is 10.0. The number of halogens is 2. The summed E-state index contributed by atoms with van der Waals surface area (Å²) in [6.07, 6.45) is 1.09. The van der Waals surface area contributed by atoms with E-state index in [1.54, 1.807) is 0 Å². The summed E-state index contributed by atoms with van der Waals surface area (Å²) in [6.45, 7) is 0.0274. The average molecular weight is 322 g/mol. The zero-order valence-electron chi connectivity index (χ0n) is 11.9. The molecule has 5 heteroatoms. The van der Waals surface area contributed by atoms with Gasteiger partial charge in [0.1, 0.15) is 5.82 Å². The van der Waals surface area contributed by atoms with Crippen LogP contribution in [0.5, 0.6) is 0 Å². The number of aliphatic hydroxyl groups is 1. The Kier molecular flexibility index (Phi) is 5.92. The Morgan fingerprint density at radius 1 is 1.18 bits per heavy atom. The summed E-state index contributed by atoms with van der Waals surface area (Å²) in [5, 5.41) is 11.9. The molecule has 3 nitrogen and oxygen atoms in total. The van der Waals surface area contributed by atoms with Gasteiger partial charge in [-0.1, -0.05) is 48.0 Å². The molecule has 0 saturated heterocycles. The molecule has 2 aromatic carbocycles. The third kappa shape index (κ3) is 4.06. The fourth-order valence-electron chi connectivity index (χ4n) is 2.25. The largest absolute Gasteiger partial charge is 0.396 e. The molecule has 1 unspecified atom stereocenters. The second-order valence-corrected chi connectivity index (χ2v) is 5.31. The van der Waals surface area contributed by atoms with Gasteiger partial charge in [0.05, 0.1) is 16.6 Å². The number of nitrogens with one attached hydrogen (secondary N) is 1. The predicted molar refractivity (Wildman–Crippen MR) is 84.4 cm³/mol. The number of aliphatic hydroxyl groups excluding tert-OH is 1. The quantitative estimate of drug-likeness (QED) is 0.852. The van der Waals surface area contributed by atoms with Crippen molar-refractivity contribution < 1.29 is 14.3 Å². The highest BCUT2D eigenvalue weighted by molar-refractivity contribution is 6.33. The van der Waals surface area contributed by atoms with E-state index in [-0.39, 0.29) is 23.2 Å². The molecule has 0 aliphatic heterocycles. The molecule has 0 radical (unpaired) electrons. The minimum absolute atomic E-state index is 0.0274. The highest BCUT2D eigenvalue weighted by Crippen LogP contribution is 2.22. The number of carbonyl (C=O) groups excluding carboxylic acids is 1. The molecule has 0 fully saturated rings. The van der Waals surface area contributed by atoms with Gasteiger partial charge in [0.2, 0.25) is 0 Å². The average Bonchev–Trinajstić information content (AvgIpc) is 2.52. The minimum Gasteiger partial charge on any atom is -0.396 e. The summed E-state index contributed by atoms with van der Waals surface area (Å²) in [6, 6.07) is 13.2. The monoisotopic (exact) mass is 321 g/mol. The molecule has 0 aromatic heterocycles. The number of hydrogen-bond donors (Lipinski definition) is 2. The Morgan fingerprint density at radius 3 is 2.55 bits per heavy atom. The van der Waals surface area contributed by atoms with Gasteiger partial charge >= 0.3 is 0 Å². The van der Waals surface area contributed by atoms with Crippen molar-refractivity contribution in [2.45, 2.75) is 18.9 Å². The molecule has 2 aromatic rings. The van der Waals surface area contributed by atoms with E-state index in [4.69, 9.17) is 16.7 Å². The molecular weight excluding hydrogens is 305 g/mol. The summed E-state index contributed by atoms with van der Waals surface area (Å²) in [7, 11) is 0. The molecule has 0 spiro atoms. The van der Waals surface area contributed by atoms with Crippen LogP contribution in [0.4, 0.5) is 4.39 Å². The van der Waals surface area contributed by atoms with E-state index in [1.165, 1.54) is 18.2 Å². The molecule has 1 atom stereocenters. The van der Waals surface area contributed by atoms with Gasteiger partial charge in [0, 0.05) is 6.61 Å². The van der Waals surface area contributed by atoms with Gasteiger partial charge in [-0.15, -0.1) is 0 Å². The van der Waals surface area contributed by atoms with E-state index < -0.39 is 11.7 Å². The van der Waals surface area contributed by atoms with Gasteiger partial charge in [-0.05, 0) is 30.5 Å². The Labute approximate surface area is 133 Å². The van der Waals surface area contributed by atoms with Crippen LogP contribution in [0.25, 0.3) is 0 Å². The van der Waals surface area contributed by atoms with Crippen LogP contribution in [0.2, 0.25) is 5.02 Å². The Morgan fingerprint density at radius 2 is 1.91 bits per heavy atom. The van der Waals surface area contributed by atoms with Gasteiger partial charge in [-0.2, -0.15) is 0 Å². The first-order valence-corrected chi connectivity index (χ1v) is 7.42. The second-order valence-electron chi connectivity index (χ2n) is 4.90. The maximum atomic E-state index is 13.8. The molecule has 2 rings (SSSR count). The van der Waals surface area contributed by atoms with E-state index in [1.807, 2.05) is 30.3 Å². The molecule has 2 N–H and O–H groups in total. The standard InChI is InChI=1S/C17H17ClFNO2/c18-13-8-4-9-14(19)16(13)17(22)20-15(10-5-11-21)12-6-2-1-3-7-12/h1-4,6-9,15,21H,5,10-11H2,(H,20,22). The first-order valence-electron chi connectivity index (χ1n) is 7.04. The van der Waals surface area contributed by atoms with Crippen molar-refractivity contribution in [2.75, 3.05) is 6.61 Å².